The van der Waals surface area contributed by atoms with Crippen molar-refractivity contribution < 1.29 is 9.59 Å². The second-order valence-electron chi connectivity index (χ2n) is 6.59. The maximum absolute atomic E-state index is 12.5. The second-order valence-corrected chi connectivity index (χ2v) is 6.59. The predicted molar refractivity (Wildman–Crippen MR) is 93.4 cm³/mol. The number of hydrogen-bond donors (Lipinski definition) is 2. The van der Waals surface area contributed by atoms with Gasteiger partial charge in [0.05, 0.1) is 5.41 Å². The molecule has 1 aliphatic rings. The lowest BCUT2D eigenvalue weighted by molar-refractivity contribution is -0.124. The van der Waals surface area contributed by atoms with Crippen molar-refractivity contribution in [3.8, 4) is 0 Å². The van der Waals surface area contributed by atoms with Crippen LogP contribution in [0.3, 0.4) is 0 Å². The molecule has 1 atom stereocenters. The third-order valence-electron chi connectivity index (χ3n) is 4.65. The van der Waals surface area contributed by atoms with Crippen molar-refractivity contribution in [2.45, 2.75) is 70.8 Å². The van der Waals surface area contributed by atoms with E-state index in [1.54, 1.807) is 0 Å². The molecular weight excluding hydrogens is 288 g/mol. The number of carbonyl (C=O) groups is 2. The number of nitrogens with one attached hydrogen (secondary N) is 2. The van der Waals surface area contributed by atoms with Gasteiger partial charge in [0.15, 0.2) is 0 Å². The summed E-state index contributed by atoms with van der Waals surface area (Å²) in [6, 6.07) is 7.94. The lowest BCUT2D eigenvalue weighted by Crippen LogP contribution is -2.39. The molecule has 2 N–H and O–H groups in total. The Labute approximate surface area is 139 Å². The Hall–Kier alpha value is -1.84. The molecule has 1 aromatic carbocycles. The van der Waals surface area contributed by atoms with Crippen molar-refractivity contribution in [2.24, 2.45) is 0 Å². The summed E-state index contributed by atoms with van der Waals surface area (Å²) in [5.41, 5.74) is 1.49. The molecule has 4 nitrogen and oxygen atoms in total. The van der Waals surface area contributed by atoms with Gasteiger partial charge in [-0.25, -0.2) is 0 Å². The molecule has 0 saturated heterocycles. The van der Waals surface area contributed by atoms with E-state index in [0.717, 1.165) is 43.4 Å². The summed E-state index contributed by atoms with van der Waals surface area (Å²) >= 11 is 0. The summed E-state index contributed by atoms with van der Waals surface area (Å²) in [6.07, 6.45) is 5.21. The first-order valence-electron chi connectivity index (χ1n) is 8.73. The van der Waals surface area contributed by atoms with E-state index >= 15 is 0 Å². The molecular formula is C19H28N2O2. The van der Waals surface area contributed by atoms with Crippen LogP contribution in [0.4, 0.5) is 5.69 Å². The SMILES string of the molecule is CCCCC(=O)Nc1ccc(C2(C(=O)NC(C)CC)CC2)cc1. The van der Waals surface area contributed by atoms with Gasteiger partial charge in [-0.05, 0) is 50.3 Å². The standard InChI is InChI=1S/C19H28N2O2/c1-4-6-7-17(22)21-16-10-8-15(9-11-16)19(12-13-19)18(23)20-14(3)5-2/h8-11,14H,4-7,12-13H2,1-3H3,(H,20,23)(H,21,22). The minimum Gasteiger partial charge on any atom is -0.353 e. The molecule has 0 radical (unpaired) electrons. The van der Waals surface area contributed by atoms with Crippen LogP contribution < -0.4 is 10.6 Å². The first kappa shape index (κ1) is 17.5. The van der Waals surface area contributed by atoms with E-state index in [9.17, 15) is 9.59 Å². The molecule has 2 rings (SSSR count). The number of amides is 2. The summed E-state index contributed by atoms with van der Waals surface area (Å²) in [6.45, 7) is 6.17. The number of carbonyl (C=O) groups excluding carboxylic acids is 2. The molecule has 126 valence electrons. The molecule has 1 aromatic rings. The molecule has 0 heterocycles. The molecule has 1 saturated carbocycles. The highest BCUT2D eigenvalue weighted by molar-refractivity contribution is 5.92. The van der Waals surface area contributed by atoms with Crippen molar-refractivity contribution in [3.05, 3.63) is 29.8 Å². The van der Waals surface area contributed by atoms with Crippen LogP contribution in [0, 0.1) is 0 Å². The fourth-order valence-electron chi connectivity index (χ4n) is 2.67. The highest BCUT2D eigenvalue weighted by Gasteiger charge is 2.51. The maximum atomic E-state index is 12.5. The molecule has 0 spiro atoms. The minimum absolute atomic E-state index is 0.0512. The highest BCUT2D eigenvalue weighted by Crippen LogP contribution is 2.48. The average molecular weight is 316 g/mol. The number of rotatable bonds is 8. The smallest absolute Gasteiger partial charge is 0.230 e. The molecule has 0 aliphatic heterocycles. The molecule has 1 fully saturated rings. The lowest BCUT2D eigenvalue weighted by Gasteiger charge is -2.19. The van der Waals surface area contributed by atoms with Gasteiger partial charge in [-0.3, -0.25) is 9.59 Å². The third-order valence-corrected chi connectivity index (χ3v) is 4.65. The molecule has 0 bridgehead atoms. The molecule has 1 unspecified atom stereocenters. The Morgan fingerprint density at radius 3 is 2.35 bits per heavy atom. The fourth-order valence-corrected chi connectivity index (χ4v) is 2.67. The van der Waals surface area contributed by atoms with Crippen LogP contribution in [0.1, 0.15) is 64.9 Å². The van der Waals surface area contributed by atoms with Gasteiger partial charge < -0.3 is 10.6 Å². The van der Waals surface area contributed by atoms with Gasteiger partial charge in [0.25, 0.3) is 0 Å². The summed E-state index contributed by atoms with van der Waals surface area (Å²) in [5, 5.41) is 6.00. The van der Waals surface area contributed by atoms with Crippen LogP contribution >= 0.6 is 0 Å². The van der Waals surface area contributed by atoms with E-state index in [0.29, 0.717) is 6.42 Å². The Balaban J connectivity index is 1.99. The number of anilines is 1. The van der Waals surface area contributed by atoms with E-state index in [1.807, 2.05) is 31.2 Å². The first-order valence-corrected chi connectivity index (χ1v) is 8.73. The Morgan fingerprint density at radius 1 is 1.17 bits per heavy atom. The van der Waals surface area contributed by atoms with E-state index in [-0.39, 0.29) is 23.3 Å². The zero-order valence-corrected chi connectivity index (χ0v) is 14.4. The number of benzene rings is 1. The predicted octanol–water partition coefficient (Wildman–Crippen LogP) is 3.76. The quantitative estimate of drug-likeness (QED) is 0.767. The Morgan fingerprint density at radius 2 is 1.83 bits per heavy atom. The van der Waals surface area contributed by atoms with Crippen molar-refractivity contribution in [1.82, 2.24) is 5.32 Å². The van der Waals surface area contributed by atoms with Gasteiger partial charge in [0.1, 0.15) is 0 Å². The van der Waals surface area contributed by atoms with Crippen molar-refractivity contribution in [2.75, 3.05) is 5.32 Å². The monoisotopic (exact) mass is 316 g/mol. The second kappa shape index (κ2) is 7.62. The third kappa shape index (κ3) is 4.34. The molecule has 1 aliphatic carbocycles. The summed E-state index contributed by atoms with van der Waals surface area (Å²) in [5.74, 6) is 0.182. The van der Waals surface area contributed by atoms with Gasteiger partial charge in [0.2, 0.25) is 11.8 Å². The molecule has 0 aromatic heterocycles. The van der Waals surface area contributed by atoms with Crippen molar-refractivity contribution in [3.63, 3.8) is 0 Å². The summed E-state index contributed by atoms with van der Waals surface area (Å²) in [4.78, 5) is 24.2. The van der Waals surface area contributed by atoms with Crippen LogP contribution in [0.25, 0.3) is 0 Å². The van der Waals surface area contributed by atoms with Crippen molar-refractivity contribution in [1.29, 1.82) is 0 Å². The van der Waals surface area contributed by atoms with E-state index in [2.05, 4.69) is 24.5 Å². The van der Waals surface area contributed by atoms with E-state index in [1.165, 1.54) is 0 Å². The Bertz CT molecular complexity index is 547. The van der Waals surface area contributed by atoms with Crippen LogP contribution in [0.15, 0.2) is 24.3 Å². The summed E-state index contributed by atoms with van der Waals surface area (Å²) < 4.78 is 0. The van der Waals surface area contributed by atoms with Gasteiger partial charge in [-0.2, -0.15) is 0 Å². The topological polar surface area (TPSA) is 58.2 Å². The largest absolute Gasteiger partial charge is 0.353 e. The fraction of sp³-hybridized carbons (Fsp3) is 0.579. The van der Waals surface area contributed by atoms with Crippen LogP contribution in [-0.4, -0.2) is 17.9 Å². The van der Waals surface area contributed by atoms with E-state index < -0.39 is 0 Å². The Kier molecular flexibility index (Phi) is 5.80. The van der Waals surface area contributed by atoms with E-state index in [4.69, 9.17) is 0 Å². The van der Waals surface area contributed by atoms with Gasteiger partial charge >= 0.3 is 0 Å². The zero-order valence-electron chi connectivity index (χ0n) is 14.4. The van der Waals surface area contributed by atoms with Crippen LogP contribution in [-0.2, 0) is 15.0 Å². The average Bonchev–Trinajstić information content (AvgIpc) is 3.35. The number of unbranched alkanes of at least 4 members (excludes halogenated alkanes) is 1. The maximum Gasteiger partial charge on any atom is 0.230 e. The van der Waals surface area contributed by atoms with Crippen molar-refractivity contribution >= 4 is 17.5 Å². The minimum atomic E-state index is -0.353. The van der Waals surface area contributed by atoms with Gasteiger partial charge in [0, 0.05) is 18.2 Å². The van der Waals surface area contributed by atoms with Crippen LogP contribution in [0.2, 0.25) is 0 Å². The van der Waals surface area contributed by atoms with Gasteiger partial charge in [-0.15, -0.1) is 0 Å². The molecule has 23 heavy (non-hydrogen) atoms. The number of hydrogen-bond acceptors (Lipinski definition) is 2. The van der Waals surface area contributed by atoms with Gasteiger partial charge in [-0.1, -0.05) is 32.4 Å². The lowest BCUT2D eigenvalue weighted by atomic mass is 9.94. The first-order chi connectivity index (χ1) is 11.0. The normalized spacial score (nSPS) is 16.5. The van der Waals surface area contributed by atoms with Crippen LogP contribution in [0.5, 0.6) is 0 Å². The zero-order chi connectivity index (χ0) is 16.9. The molecule has 2 amide bonds. The summed E-state index contributed by atoms with van der Waals surface area (Å²) in [7, 11) is 0. The molecule has 4 heteroatoms. The highest BCUT2D eigenvalue weighted by atomic mass is 16.2.